The number of halogens is 2. The molecule has 0 atom stereocenters. The molecule has 0 amide bonds. The number of hydrogen-bond acceptors (Lipinski definition) is 2. The van der Waals surface area contributed by atoms with Gasteiger partial charge in [0.25, 0.3) is 0 Å². The fourth-order valence-corrected chi connectivity index (χ4v) is 1.52. The zero-order valence-corrected chi connectivity index (χ0v) is 8.87. The van der Waals surface area contributed by atoms with Crippen LogP contribution in [0.25, 0.3) is 11.3 Å². The second kappa shape index (κ2) is 4.30. The van der Waals surface area contributed by atoms with E-state index in [4.69, 9.17) is 16.9 Å². The molecule has 0 aliphatic heterocycles. The number of aromatic nitrogens is 1. The number of pyridine rings is 1. The molecule has 1 aromatic carbocycles. The summed E-state index contributed by atoms with van der Waals surface area (Å²) in [6.07, 6.45) is 0. The molecular formula is C12H6ClFN2. The van der Waals surface area contributed by atoms with E-state index in [0.29, 0.717) is 5.56 Å². The van der Waals surface area contributed by atoms with Gasteiger partial charge in [-0.15, -0.1) is 0 Å². The number of benzene rings is 1. The molecule has 0 saturated carbocycles. The summed E-state index contributed by atoms with van der Waals surface area (Å²) in [6, 6.07) is 11.7. The molecule has 78 valence electrons. The van der Waals surface area contributed by atoms with Crippen molar-refractivity contribution < 1.29 is 4.39 Å². The first-order chi connectivity index (χ1) is 7.72. The van der Waals surface area contributed by atoms with Crippen molar-refractivity contribution in [3.05, 3.63) is 52.9 Å². The number of nitrogens with zero attached hydrogens (tertiary/aromatic N) is 2. The molecule has 0 spiro atoms. The van der Waals surface area contributed by atoms with Gasteiger partial charge in [0.1, 0.15) is 16.9 Å². The van der Waals surface area contributed by atoms with Gasteiger partial charge in [-0.1, -0.05) is 41.9 Å². The number of nitriles is 1. The molecule has 1 aromatic heterocycles. The van der Waals surface area contributed by atoms with Crippen molar-refractivity contribution in [3.8, 4) is 17.3 Å². The van der Waals surface area contributed by atoms with Crippen LogP contribution >= 0.6 is 11.6 Å². The van der Waals surface area contributed by atoms with Crippen molar-refractivity contribution >= 4 is 11.6 Å². The average molecular weight is 233 g/mol. The third kappa shape index (κ3) is 1.88. The Bertz CT molecular complexity index is 561. The van der Waals surface area contributed by atoms with Crippen molar-refractivity contribution in [2.24, 2.45) is 0 Å². The fourth-order valence-electron chi connectivity index (χ4n) is 1.34. The normalized spacial score (nSPS) is 9.81. The Balaban J connectivity index is 2.60. The summed E-state index contributed by atoms with van der Waals surface area (Å²) in [5.74, 6) is -0.549. The molecule has 2 aromatic rings. The van der Waals surface area contributed by atoms with Gasteiger partial charge in [-0.2, -0.15) is 5.26 Å². The van der Waals surface area contributed by atoms with E-state index in [1.54, 1.807) is 30.3 Å². The van der Waals surface area contributed by atoms with Gasteiger partial charge >= 0.3 is 0 Å². The first kappa shape index (κ1) is 10.6. The average Bonchev–Trinajstić information content (AvgIpc) is 2.32. The van der Waals surface area contributed by atoms with E-state index in [0.717, 1.165) is 6.07 Å². The maximum atomic E-state index is 13.6. The molecule has 0 aliphatic rings. The molecule has 0 N–H and O–H groups in total. The highest BCUT2D eigenvalue weighted by Crippen LogP contribution is 2.24. The number of hydrogen-bond donors (Lipinski definition) is 0. The topological polar surface area (TPSA) is 36.7 Å². The van der Waals surface area contributed by atoms with Crippen molar-refractivity contribution in [3.63, 3.8) is 0 Å². The van der Waals surface area contributed by atoms with Gasteiger partial charge in [0.05, 0.1) is 5.56 Å². The first-order valence-corrected chi connectivity index (χ1v) is 4.91. The van der Waals surface area contributed by atoms with Crippen LogP contribution in [0.5, 0.6) is 0 Å². The molecule has 1 heterocycles. The Morgan fingerprint density at radius 2 is 1.94 bits per heavy atom. The van der Waals surface area contributed by atoms with Crippen LogP contribution in [-0.2, 0) is 0 Å². The van der Waals surface area contributed by atoms with Gasteiger partial charge in [0.2, 0.25) is 0 Å². The summed E-state index contributed by atoms with van der Waals surface area (Å²) in [5.41, 5.74) is 0.829. The van der Waals surface area contributed by atoms with Gasteiger partial charge < -0.3 is 0 Å². The Morgan fingerprint density at radius 3 is 2.56 bits per heavy atom. The first-order valence-electron chi connectivity index (χ1n) is 4.54. The molecule has 16 heavy (non-hydrogen) atoms. The molecule has 0 bridgehead atoms. The summed E-state index contributed by atoms with van der Waals surface area (Å²) in [7, 11) is 0. The van der Waals surface area contributed by atoms with E-state index in [2.05, 4.69) is 4.98 Å². The molecule has 0 aliphatic carbocycles. The molecule has 0 radical (unpaired) electrons. The second-order valence-electron chi connectivity index (χ2n) is 3.13. The van der Waals surface area contributed by atoms with E-state index >= 15 is 0 Å². The van der Waals surface area contributed by atoms with Crippen molar-refractivity contribution in [2.45, 2.75) is 0 Å². The zero-order chi connectivity index (χ0) is 11.5. The van der Waals surface area contributed by atoms with Crippen molar-refractivity contribution in [2.75, 3.05) is 0 Å². The lowest BCUT2D eigenvalue weighted by atomic mass is 10.1. The summed E-state index contributed by atoms with van der Waals surface area (Å²) in [6.45, 7) is 0. The molecular weight excluding hydrogens is 227 g/mol. The Labute approximate surface area is 96.9 Å². The van der Waals surface area contributed by atoms with Gasteiger partial charge in [0, 0.05) is 5.56 Å². The molecule has 0 saturated heterocycles. The van der Waals surface area contributed by atoms with Crippen LogP contribution in [0.3, 0.4) is 0 Å². The Hall–Kier alpha value is -1.92. The maximum absolute atomic E-state index is 13.6. The maximum Gasteiger partial charge on any atom is 0.150 e. The SMILES string of the molecule is N#Cc1cc(F)c(-c2ccccc2)nc1Cl. The smallest absolute Gasteiger partial charge is 0.150 e. The Morgan fingerprint density at radius 1 is 1.25 bits per heavy atom. The fraction of sp³-hybridized carbons (Fsp3) is 0. The minimum absolute atomic E-state index is 0.0164. The zero-order valence-electron chi connectivity index (χ0n) is 8.11. The quantitative estimate of drug-likeness (QED) is 0.707. The van der Waals surface area contributed by atoms with E-state index in [1.807, 2.05) is 6.07 Å². The van der Waals surface area contributed by atoms with Crippen LogP contribution in [-0.4, -0.2) is 4.98 Å². The summed E-state index contributed by atoms with van der Waals surface area (Å²) < 4.78 is 13.6. The third-order valence-electron chi connectivity index (χ3n) is 2.10. The predicted molar refractivity (Wildman–Crippen MR) is 59.4 cm³/mol. The van der Waals surface area contributed by atoms with Crippen LogP contribution in [0, 0.1) is 17.1 Å². The lowest BCUT2D eigenvalue weighted by Crippen LogP contribution is -1.93. The van der Waals surface area contributed by atoms with Crippen LogP contribution < -0.4 is 0 Å². The van der Waals surface area contributed by atoms with E-state index < -0.39 is 5.82 Å². The molecule has 0 fully saturated rings. The lowest BCUT2D eigenvalue weighted by Gasteiger charge is -2.03. The molecule has 4 heteroatoms. The highest BCUT2D eigenvalue weighted by atomic mass is 35.5. The largest absolute Gasteiger partial charge is 0.232 e. The van der Waals surface area contributed by atoms with Crippen LogP contribution in [0.4, 0.5) is 4.39 Å². The Kier molecular flexibility index (Phi) is 2.84. The number of rotatable bonds is 1. The monoisotopic (exact) mass is 232 g/mol. The van der Waals surface area contributed by atoms with Crippen LogP contribution in [0.15, 0.2) is 36.4 Å². The summed E-state index contributed by atoms with van der Waals surface area (Å²) in [5, 5.41) is 8.68. The van der Waals surface area contributed by atoms with Gasteiger partial charge in [-0.25, -0.2) is 9.37 Å². The van der Waals surface area contributed by atoms with Crippen LogP contribution in [0.2, 0.25) is 5.15 Å². The lowest BCUT2D eigenvalue weighted by molar-refractivity contribution is 0.625. The van der Waals surface area contributed by atoms with E-state index in [1.165, 1.54) is 0 Å². The van der Waals surface area contributed by atoms with Crippen LogP contribution in [0.1, 0.15) is 5.56 Å². The van der Waals surface area contributed by atoms with E-state index in [9.17, 15) is 4.39 Å². The van der Waals surface area contributed by atoms with Gasteiger partial charge in [-0.05, 0) is 6.07 Å². The van der Waals surface area contributed by atoms with Crippen molar-refractivity contribution in [1.29, 1.82) is 5.26 Å². The highest BCUT2D eigenvalue weighted by Gasteiger charge is 2.11. The minimum Gasteiger partial charge on any atom is -0.232 e. The van der Waals surface area contributed by atoms with Gasteiger partial charge in [0.15, 0.2) is 5.82 Å². The molecule has 2 rings (SSSR count). The summed E-state index contributed by atoms with van der Waals surface area (Å²) in [4.78, 5) is 3.88. The minimum atomic E-state index is -0.549. The highest BCUT2D eigenvalue weighted by molar-refractivity contribution is 6.30. The third-order valence-corrected chi connectivity index (χ3v) is 2.39. The molecule has 2 nitrogen and oxygen atoms in total. The summed E-state index contributed by atoms with van der Waals surface area (Å²) >= 11 is 5.75. The molecule has 0 unspecified atom stereocenters. The van der Waals surface area contributed by atoms with E-state index in [-0.39, 0.29) is 16.4 Å². The van der Waals surface area contributed by atoms with Gasteiger partial charge in [-0.3, -0.25) is 0 Å². The predicted octanol–water partition coefficient (Wildman–Crippen LogP) is 3.41. The standard InChI is InChI=1S/C12H6ClFN2/c13-12-9(7-15)6-10(14)11(16-12)8-4-2-1-3-5-8/h1-6H. The second-order valence-corrected chi connectivity index (χ2v) is 3.49. The van der Waals surface area contributed by atoms with Crippen molar-refractivity contribution in [1.82, 2.24) is 4.98 Å².